The molecule has 4 heteroatoms. The zero-order valence-electron chi connectivity index (χ0n) is 7.91. The molecule has 2 nitrogen and oxygen atoms in total. The van der Waals surface area contributed by atoms with Crippen LogP contribution >= 0.6 is 0 Å². The summed E-state index contributed by atoms with van der Waals surface area (Å²) in [5, 5.41) is 8.35. The molecular formula is C11H10F2O2. The van der Waals surface area contributed by atoms with Crippen molar-refractivity contribution < 1.29 is 18.7 Å². The van der Waals surface area contributed by atoms with Crippen molar-refractivity contribution in [1.82, 2.24) is 0 Å². The van der Waals surface area contributed by atoms with Crippen LogP contribution in [0.2, 0.25) is 0 Å². The van der Waals surface area contributed by atoms with Gasteiger partial charge in [-0.05, 0) is 24.1 Å². The molecule has 0 unspecified atom stereocenters. The number of rotatable bonds is 4. The summed E-state index contributed by atoms with van der Waals surface area (Å²) in [6.45, 7) is 0. The van der Waals surface area contributed by atoms with Crippen LogP contribution < -0.4 is 0 Å². The van der Waals surface area contributed by atoms with Crippen LogP contribution in [-0.2, 0) is 4.79 Å². The van der Waals surface area contributed by atoms with Crippen molar-refractivity contribution >= 4 is 12.0 Å². The van der Waals surface area contributed by atoms with E-state index in [1.807, 2.05) is 0 Å². The highest BCUT2D eigenvalue weighted by atomic mass is 19.2. The van der Waals surface area contributed by atoms with Crippen LogP contribution in [0.4, 0.5) is 8.78 Å². The lowest BCUT2D eigenvalue weighted by atomic mass is 10.2. The minimum atomic E-state index is -0.907. The first-order valence-electron chi connectivity index (χ1n) is 4.43. The topological polar surface area (TPSA) is 37.3 Å². The highest BCUT2D eigenvalue weighted by Gasteiger charge is 1.99. The molecule has 0 atom stereocenters. The van der Waals surface area contributed by atoms with Gasteiger partial charge in [0.2, 0.25) is 0 Å². The number of hydrogen-bond acceptors (Lipinski definition) is 1. The monoisotopic (exact) mass is 212 g/mol. The Kier molecular flexibility index (Phi) is 3.97. The first-order chi connectivity index (χ1) is 7.09. The lowest BCUT2D eigenvalue weighted by Gasteiger charge is -1.95. The average molecular weight is 212 g/mol. The molecule has 0 aliphatic rings. The molecule has 1 rings (SSSR count). The molecule has 0 saturated heterocycles. The molecule has 0 aromatic heterocycles. The summed E-state index contributed by atoms with van der Waals surface area (Å²) in [6, 6.07) is 3.52. The predicted molar refractivity (Wildman–Crippen MR) is 52.3 cm³/mol. The number of halogens is 2. The van der Waals surface area contributed by atoms with E-state index in [9.17, 15) is 13.6 Å². The van der Waals surface area contributed by atoms with Crippen molar-refractivity contribution in [1.29, 1.82) is 0 Å². The minimum Gasteiger partial charge on any atom is -0.481 e. The SMILES string of the molecule is O=C(O)CC/C=C/c1ccc(F)c(F)c1. The highest BCUT2D eigenvalue weighted by molar-refractivity contribution is 5.67. The molecule has 0 spiro atoms. The van der Waals surface area contributed by atoms with Crippen molar-refractivity contribution in [3.8, 4) is 0 Å². The lowest BCUT2D eigenvalue weighted by molar-refractivity contribution is -0.136. The number of benzene rings is 1. The molecule has 0 saturated carbocycles. The number of carboxylic acids is 1. The Morgan fingerprint density at radius 2 is 2.07 bits per heavy atom. The summed E-state index contributed by atoms with van der Waals surface area (Å²) in [7, 11) is 0. The number of allylic oxidation sites excluding steroid dienone is 1. The number of carboxylic acid groups (broad SMARTS) is 1. The van der Waals surface area contributed by atoms with E-state index in [0.29, 0.717) is 12.0 Å². The van der Waals surface area contributed by atoms with E-state index in [-0.39, 0.29) is 6.42 Å². The molecule has 0 aliphatic heterocycles. The number of hydrogen-bond donors (Lipinski definition) is 1. The van der Waals surface area contributed by atoms with Gasteiger partial charge in [0.05, 0.1) is 0 Å². The molecule has 0 aliphatic carbocycles. The van der Waals surface area contributed by atoms with E-state index in [4.69, 9.17) is 5.11 Å². The minimum absolute atomic E-state index is 0.0280. The Labute approximate surface area is 85.9 Å². The Morgan fingerprint density at radius 3 is 2.67 bits per heavy atom. The van der Waals surface area contributed by atoms with Crippen LogP contribution in [0.25, 0.3) is 6.08 Å². The molecule has 15 heavy (non-hydrogen) atoms. The van der Waals surface area contributed by atoms with Gasteiger partial charge in [-0.1, -0.05) is 18.2 Å². The molecule has 0 radical (unpaired) electrons. The zero-order valence-corrected chi connectivity index (χ0v) is 7.91. The van der Waals surface area contributed by atoms with Gasteiger partial charge in [-0.25, -0.2) is 8.78 Å². The van der Waals surface area contributed by atoms with Crippen LogP contribution in [0.5, 0.6) is 0 Å². The Morgan fingerprint density at radius 1 is 1.33 bits per heavy atom. The molecule has 80 valence electrons. The summed E-state index contributed by atoms with van der Waals surface area (Å²) >= 11 is 0. The highest BCUT2D eigenvalue weighted by Crippen LogP contribution is 2.10. The molecule has 1 N–H and O–H groups in total. The van der Waals surface area contributed by atoms with Crippen LogP contribution in [0.3, 0.4) is 0 Å². The average Bonchev–Trinajstić information content (AvgIpc) is 2.18. The fourth-order valence-electron chi connectivity index (χ4n) is 1.04. The molecule has 1 aromatic carbocycles. The quantitative estimate of drug-likeness (QED) is 0.833. The maximum Gasteiger partial charge on any atom is 0.303 e. The van der Waals surface area contributed by atoms with Crippen LogP contribution in [0, 0.1) is 11.6 Å². The van der Waals surface area contributed by atoms with Gasteiger partial charge in [0.25, 0.3) is 0 Å². The fraction of sp³-hybridized carbons (Fsp3) is 0.182. The van der Waals surface area contributed by atoms with Crippen molar-refractivity contribution in [3.63, 3.8) is 0 Å². The summed E-state index contributed by atoms with van der Waals surface area (Å²) < 4.78 is 25.2. The summed E-state index contributed by atoms with van der Waals surface area (Å²) in [5.74, 6) is -2.68. The van der Waals surface area contributed by atoms with Gasteiger partial charge in [0.1, 0.15) is 0 Å². The van der Waals surface area contributed by atoms with Crippen molar-refractivity contribution in [2.75, 3.05) is 0 Å². The third-order valence-corrected chi connectivity index (χ3v) is 1.78. The van der Waals surface area contributed by atoms with E-state index in [1.165, 1.54) is 6.07 Å². The third kappa shape index (κ3) is 3.89. The van der Waals surface area contributed by atoms with E-state index in [0.717, 1.165) is 12.1 Å². The third-order valence-electron chi connectivity index (χ3n) is 1.78. The van der Waals surface area contributed by atoms with Gasteiger partial charge < -0.3 is 5.11 Å². The maximum atomic E-state index is 12.7. The van der Waals surface area contributed by atoms with Gasteiger partial charge in [-0.15, -0.1) is 0 Å². The smallest absolute Gasteiger partial charge is 0.303 e. The second-order valence-corrected chi connectivity index (χ2v) is 3.01. The summed E-state index contributed by atoms with van der Waals surface area (Å²) in [6.07, 6.45) is 3.57. The normalized spacial score (nSPS) is 10.8. The van der Waals surface area contributed by atoms with E-state index < -0.39 is 17.6 Å². The first-order valence-corrected chi connectivity index (χ1v) is 4.43. The lowest BCUT2D eigenvalue weighted by Crippen LogP contribution is -1.91. The molecule has 1 aromatic rings. The molecule has 0 bridgehead atoms. The van der Waals surface area contributed by atoms with E-state index >= 15 is 0 Å². The molecule has 0 fully saturated rings. The second kappa shape index (κ2) is 5.24. The molecule has 0 heterocycles. The Hall–Kier alpha value is -1.71. The molecular weight excluding hydrogens is 202 g/mol. The number of aliphatic carboxylic acids is 1. The maximum absolute atomic E-state index is 12.7. The van der Waals surface area contributed by atoms with Crippen molar-refractivity contribution in [2.24, 2.45) is 0 Å². The predicted octanol–water partition coefficient (Wildman–Crippen LogP) is 2.84. The largest absolute Gasteiger partial charge is 0.481 e. The first kappa shape index (κ1) is 11.4. The fourth-order valence-corrected chi connectivity index (χ4v) is 1.04. The van der Waals surface area contributed by atoms with Gasteiger partial charge in [-0.2, -0.15) is 0 Å². The van der Waals surface area contributed by atoms with Crippen LogP contribution in [-0.4, -0.2) is 11.1 Å². The van der Waals surface area contributed by atoms with E-state index in [1.54, 1.807) is 12.2 Å². The summed E-state index contributed by atoms with van der Waals surface area (Å²) in [5.41, 5.74) is 0.513. The van der Waals surface area contributed by atoms with Crippen LogP contribution in [0.15, 0.2) is 24.3 Å². The van der Waals surface area contributed by atoms with E-state index in [2.05, 4.69) is 0 Å². The molecule has 0 amide bonds. The van der Waals surface area contributed by atoms with Gasteiger partial charge >= 0.3 is 5.97 Å². The zero-order chi connectivity index (χ0) is 11.3. The van der Waals surface area contributed by atoms with Crippen molar-refractivity contribution in [2.45, 2.75) is 12.8 Å². The second-order valence-electron chi connectivity index (χ2n) is 3.01. The van der Waals surface area contributed by atoms with Crippen molar-refractivity contribution in [3.05, 3.63) is 41.5 Å². The van der Waals surface area contributed by atoms with Gasteiger partial charge in [0, 0.05) is 6.42 Å². The van der Waals surface area contributed by atoms with Gasteiger partial charge in [0.15, 0.2) is 11.6 Å². The Balaban J connectivity index is 2.57. The van der Waals surface area contributed by atoms with Crippen LogP contribution in [0.1, 0.15) is 18.4 Å². The standard InChI is InChI=1S/C11H10F2O2/c12-9-6-5-8(7-10(9)13)3-1-2-4-11(14)15/h1,3,5-7H,2,4H2,(H,14,15)/b3-1+. The number of carbonyl (C=O) groups is 1. The Bertz CT molecular complexity index is 386. The summed E-state index contributed by atoms with van der Waals surface area (Å²) in [4.78, 5) is 10.2. The van der Waals surface area contributed by atoms with Gasteiger partial charge in [-0.3, -0.25) is 4.79 Å².